The first-order valence-electron chi connectivity index (χ1n) is 6.39. The Morgan fingerprint density at radius 2 is 1.95 bits per heavy atom. The normalized spacial score (nSPS) is 15.5. The van der Waals surface area contributed by atoms with E-state index in [1.54, 1.807) is 6.07 Å². The fourth-order valence-electron chi connectivity index (χ4n) is 2.39. The van der Waals surface area contributed by atoms with Crippen molar-refractivity contribution in [2.24, 2.45) is 0 Å². The van der Waals surface area contributed by atoms with Gasteiger partial charge in [0.1, 0.15) is 11.6 Å². The summed E-state index contributed by atoms with van der Waals surface area (Å²) in [5.74, 6) is 0.683. The van der Waals surface area contributed by atoms with E-state index in [1.807, 2.05) is 18.2 Å². The van der Waals surface area contributed by atoms with Crippen LogP contribution in [0.5, 0.6) is 5.75 Å². The van der Waals surface area contributed by atoms with Crippen molar-refractivity contribution >= 4 is 11.6 Å². The van der Waals surface area contributed by atoms with Crippen LogP contribution >= 0.6 is 11.6 Å². The van der Waals surface area contributed by atoms with E-state index >= 15 is 0 Å². The molecular formula is C16H14ClFO. The third kappa shape index (κ3) is 2.59. The maximum Gasteiger partial charge on any atom is 0.123 e. The molecule has 0 aliphatic carbocycles. The van der Waals surface area contributed by atoms with E-state index in [0.29, 0.717) is 0 Å². The second-order valence-electron chi connectivity index (χ2n) is 4.74. The summed E-state index contributed by atoms with van der Waals surface area (Å²) in [6.45, 7) is 0.778. The molecule has 1 unspecified atom stereocenters. The molecule has 2 aromatic carbocycles. The standard InChI is InChI=1S/C16H14ClFO/c17-16(12-3-1-5-14(18)10-12)13-6-7-15-11(9-13)4-2-8-19-15/h1,3,5-7,9-10,16H,2,4,8H2. The minimum absolute atomic E-state index is 0.260. The van der Waals surface area contributed by atoms with Crippen molar-refractivity contribution in [3.8, 4) is 5.75 Å². The highest BCUT2D eigenvalue weighted by Gasteiger charge is 2.16. The average Bonchev–Trinajstić information content (AvgIpc) is 2.46. The molecule has 1 aliphatic rings. The van der Waals surface area contributed by atoms with Gasteiger partial charge in [0.25, 0.3) is 0 Å². The van der Waals surface area contributed by atoms with Crippen LogP contribution in [-0.2, 0) is 6.42 Å². The zero-order valence-electron chi connectivity index (χ0n) is 10.4. The molecular weight excluding hydrogens is 263 g/mol. The van der Waals surface area contributed by atoms with E-state index in [-0.39, 0.29) is 11.2 Å². The van der Waals surface area contributed by atoms with Gasteiger partial charge in [0.15, 0.2) is 0 Å². The van der Waals surface area contributed by atoms with Gasteiger partial charge < -0.3 is 4.74 Å². The van der Waals surface area contributed by atoms with Crippen LogP contribution < -0.4 is 4.74 Å². The Bertz CT molecular complexity index is 597. The Balaban J connectivity index is 1.93. The van der Waals surface area contributed by atoms with E-state index in [4.69, 9.17) is 16.3 Å². The highest BCUT2D eigenvalue weighted by Crippen LogP contribution is 2.33. The Labute approximate surface area is 117 Å². The van der Waals surface area contributed by atoms with Gasteiger partial charge in [0, 0.05) is 0 Å². The lowest BCUT2D eigenvalue weighted by molar-refractivity contribution is 0.288. The minimum atomic E-state index is -0.331. The summed E-state index contributed by atoms with van der Waals surface area (Å²) in [4.78, 5) is 0. The molecule has 1 heterocycles. The van der Waals surface area contributed by atoms with Gasteiger partial charge in [-0.1, -0.05) is 24.3 Å². The molecule has 0 aromatic heterocycles. The molecule has 0 saturated heterocycles. The average molecular weight is 277 g/mol. The van der Waals surface area contributed by atoms with Crippen molar-refractivity contribution in [3.05, 3.63) is 65.0 Å². The molecule has 2 aromatic rings. The van der Waals surface area contributed by atoms with E-state index in [2.05, 4.69) is 6.07 Å². The first-order chi connectivity index (χ1) is 9.24. The number of benzene rings is 2. The fourth-order valence-corrected chi connectivity index (χ4v) is 2.67. The number of rotatable bonds is 2. The number of hydrogen-bond donors (Lipinski definition) is 0. The van der Waals surface area contributed by atoms with Gasteiger partial charge in [-0.25, -0.2) is 4.39 Å². The zero-order valence-corrected chi connectivity index (χ0v) is 11.2. The number of halogens is 2. The van der Waals surface area contributed by atoms with Gasteiger partial charge in [0.05, 0.1) is 12.0 Å². The summed E-state index contributed by atoms with van der Waals surface area (Å²) in [6, 6.07) is 12.4. The lowest BCUT2D eigenvalue weighted by Gasteiger charge is -2.19. The van der Waals surface area contributed by atoms with Crippen LogP contribution in [0.25, 0.3) is 0 Å². The first-order valence-corrected chi connectivity index (χ1v) is 6.83. The maximum absolute atomic E-state index is 13.2. The van der Waals surface area contributed by atoms with Gasteiger partial charge in [-0.05, 0) is 47.7 Å². The van der Waals surface area contributed by atoms with E-state index in [9.17, 15) is 4.39 Å². The number of ether oxygens (including phenoxy) is 1. The summed E-state index contributed by atoms with van der Waals surface area (Å²) in [7, 11) is 0. The third-order valence-corrected chi connectivity index (χ3v) is 3.87. The van der Waals surface area contributed by atoms with Crippen LogP contribution in [0.2, 0.25) is 0 Å². The Hall–Kier alpha value is -1.54. The number of fused-ring (bicyclic) bond motifs is 1. The van der Waals surface area contributed by atoms with E-state index in [0.717, 1.165) is 36.3 Å². The number of aryl methyl sites for hydroxylation is 1. The Kier molecular flexibility index (Phi) is 3.43. The molecule has 19 heavy (non-hydrogen) atoms. The summed E-state index contributed by atoms with van der Waals surface area (Å²) >= 11 is 6.44. The lowest BCUT2D eigenvalue weighted by Crippen LogP contribution is -2.09. The van der Waals surface area contributed by atoms with Crippen molar-refractivity contribution in [2.75, 3.05) is 6.61 Å². The third-order valence-electron chi connectivity index (χ3n) is 3.37. The van der Waals surface area contributed by atoms with Crippen LogP contribution in [-0.4, -0.2) is 6.61 Å². The molecule has 1 nitrogen and oxygen atoms in total. The minimum Gasteiger partial charge on any atom is -0.493 e. The zero-order chi connectivity index (χ0) is 13.2. The second kappa shape index (κ2) is 5.22. The molecule has 0 N–H and O–H groups in total. The van der Waals surface area contributed by atoms with Crippen LogP contribution in [0.4, 0.5) is 4.39 Å². The van der Waals surface area contributed by atoms with Crippen molar-refractivity contribution in [1.82, 2.24) is 0 Å². The lowest BCUT2D eigenvalue weighted by atomic mass is 9.98. The molecule has 0 radical (unpaired) electrons. The quantitative estimate of drug-likeness (QED) is 0.735. The van der Waals surface area contributed by atoms with E-state index < -0.39 is 0 Å². The molecule has 0 amide bonds. The number of alkyl halides is 1. The second-order valence-corrected chi connectivity index (χ2v) is 5.17. The topological polar surface area (TPSA) is 9.23 Å². The number of hydrogen-bond acceptors (Lipinski definition) is 1. The molecule has 0 spiro atoms. The highest BCUT2D eigenvalue weighted by molar-refractivity contribution is 6.22. The molecule has 98 valence electrons. The SMILES string of the molecule is Fc1cccc(C(Cl)c2ccc3c(c2)CCCO3)c1. The van der Waals surface area contributed by atoms with Gasteiger partial charge in [-0.3, -0.25) is 0 Å². The van der Waals surface area contributed by atoms with Crippen molar-refractivity contribution < 1.29 is 9.13 Å². The van der Waals surface area contributed by atoms with Crippen molar-refractivity contribution in [1.29, 1.82) is 0 Å². The van der Waals surface area contributed by atoms with E-state index in [1.165, 1.54) is 17.7 Å². The molecule has 3 rings (SSSR count). The summed E-state index contributed by atoms with van der Waals surface area (Å²) in [6.07, 6.45) is 2.04. The van der Waals surface area contributed by atoms with Gasteiger partial charge in [-0.2, -0.15) is 0 Å². The van der Waals surface area contributed by atoms with Crippen molar-refractivity contribution in [3.63, 3.8) is 0 Å². The fraction of sp³-hybridized carbons (Fsp3) is 0.250. The molecule has 0 bridgehead atoms. The maximum atomic E-state index is 13.2. The smallest absolute Gasteiger partial charge is 0.123 e. The molecule has 0 fully saturated rings. The van der Waals surface area contributed by atoms with Crippen LogP contribution in [0.15, 0.2) is 42.5 Å². The molecule has 1 atom stereocenters. The molecule has 1 aliphatic heterocycles. The van der Waals surface area contributed by atoms with Gasteiger partial charge in [0.2, 0.25) is 0 Å². The Morgan fingerprint density at radius 1 is 1.11 bits per heavy atom. The van der Waals surface area contributed by atoms with Gasteiger partial charge in [-0.15, -0.1) is 11.6 Å². The molecule has 0 saturated carbocycles. The molecule has 3 heteroatoms. The first kappa shape index (κ1) is 12.5. The monoisotopic (exact) mass is 276 g/mol. The van der Waals surface area contributed by atoms with Crippen molar-refractivity contribution in [2.45, 2.75) is 18.2 Å². The summed E-state index contributed by atoms with van der Waals surface area (Å²) in [5.41, 5.74) is 2.95. The van der Waals surface area contributed by atoms with Crippen LogP contribution in [0.3, 0.4) is 0 Å². The van der Waals surface area contributed by atoms with Crippen LogP contribution in [0.1, 0.15) is 28.5 Å². The largest absolute Gasteiger partial charge is 0.493 e. The summed E-state index contributed by atoms with van der Waals surface area (Å²) in [5, 5.41) is -0.331. The predicted molar refractivity (Wildman–Crippen MR) is 74.4 cm³/mol. The summed E-state index contributed by atoms with van der Waals surface area (Å²) < 4.78 is 18.8. The highest BCUT2D eigenvalue weighted by atomic mass is 35.5. The van der Waals surface area contributed by atoms with Gasteiger partial charge >= 0.3 is 0 Å². The van der Waals surface area contributed by atoms with Crippen LogP contribution in [0, 0.1) is 5.82 Å². The predicted octanol–water partition coefficient (Wildman–Crippen LogP) is 4.48. The Morgan fingerprint density at radius 3 is 2.79 bits per heavy atom.